The van der Waals surface area contributed by atoms with E-state index >= 15 is 0 Å². The summed E-state index contributed by atoms with van der Waals surface area (Å²) in [4.78, 5) is 4.16. The number of guanidine groups is 1. The molecule has 6 heteroatoms. The second kappa shape index (κ2) is 8.48. The number of aliphatic imine (C=N–C) groups is 1. The van der Waals surface area contributed by atoms with Gasteiger partial charge in [-0.15, -0.1) is 0 Å². The van der Waals surface area contributed by atoms with Gasteiger partial charge in [0.05, 0.1) is 12.7 Å². The number of methoxy groups -OCH3 is 2. The van der Waals surface area contributed by atoms with Gasteiger partial charge in [0.15, 0.2) is 5.96 Å². The van der Waals surface area contributed by atoms with Crippen LogP contribution in [0.1, 0.15) is 19.4 Å². The van der Waals surface area contributed by atoms with Gasteiger partial charge < -0.3 is 25.2 Å². The van der Waals surface area contributed by atoms with E-state index in [0.29, 0.717) is 31.2 Å². The number of nitrogens with zero attached hydrogens (tertiary/aromatic N) is 1. The molecule has 0 unspecified atom stereocenters. The smallest absolute Gasteiger partial charge is 0.191 e. The normalized spacial score (nSPS) is 12.1. The van der Waals surface area contributed by atoms with E-state index in [4.69, 9.17) is 9.47 Å². The summed E-state index contributed by atoms with van der Waals surface area (Å²) in [5, 5.41) is 16.3. The summed E-state index contributed by atoms with van der Waals surface area (Å²) in [6.45, 7) is 5.31. The molecule has 0 aromatic heterocycles. The van der Waals surface area contributed by atoms with Gasteiger partial charge in [0.1, 0.15) is 11.5 Å². The van der Waals surface area contributed by atoms with Crippen molar-refractivity contribution < 1.29 is 14.6 Å². The fourth-order valence-corrected chi connectivity index (χ4v) is 1.79. The molecule has 0 aliphatic carbocycles. The van der Waals surface area contributed by atoms with Gasteiger partial charge in [-0.1, -0.05) is 6.07 Å². The predicted molar refractivity (Wildman–Crippen MR) is 88.8 cm³/mol. The van der Waals surface area contributed by atoms with Gasteiger partial charge in [0.2, 0.25) is 0 Å². The molecule has 22 heavy (non-hydrogen) atoms. The van der Waals surface area contributed by atoms with E-state index in [-0.39, 0.29) is 11.4 Å². The van der Waals surface area contributed by atoms with Crippen molar-refractivity contribution in [3.05, 3.63) is 23.8 Å². The van der Waals surface area contributed by atoms with Crippen LogP contribution in [0.4, 0.5) is 0 Å². The number of benzene rings is 1. The van der Waals surface area contributed by atoms with Gasteiger partial charge in [-0.25, -0.2) is 0 Å². The first-order chi connectivity index (χ1) is 10.4. The quantitative estimate of drug-likeness (QED) is 0.526. The first-order valence-electron chi connectivity index (χ1n) is 7.27. The van der Waals surface area contributed by atoms with Crippen molar-refractivity contribution in [1.29, 1.82) is 0 Å². The Bertz CT molecular complexity index is 501. The molecule has 0 amide bonds. The van der Waals surface area contributed by atoms with E-state index in [1.54, 1.807) is 27.3 Å². The number of rotatable bonds is 7. The van der Waals surface area contributed by atoms with Crippen molar-refractivity contribution in [2.24, 2.45) is 4.99 Å². The Morgan fingerprint density at radius 1 is 1.27 bits per heavy atom. The lowest BCUT2D eigenvalue weighted by molar-refractivity contribution is 0.0268. The number of phenols is 1. The van der Waals surface area contributed by atoms with Gasteiger partial charge in [-0.05, 0) is 31.9 Å². The van der Waals surface area contributed by atoms with Crippen molar-refractivity contribution in [1.82, 2.24) is 10.6 Å². The second-order valence-corrected chi connectivity index (χ2v) is 5.56. The Labute approximate surface area is 132 Å². The van der Waals surface area contributed by atoms with Gasteiger partial charge in [-0.3, -0.25) is 4.99 Å². The van der Waals surface area contributed by atoms with E-state index in [2.05, 4.69) is 15.6 Å². The maximum absolute atomic E-state index is 9.92. The van der Waals surface area contributed by atoms with E-state index in [0.717, 1.165) is 5.56 Å². The zero-order chi connectivity index (χ0) is 16.6. The maximum atomic E-state index is 9.92. The molecule has 1 aromatic rings. The van der Waals surface area contributed by atoms with E-state index in [1.807, 2.05) is 26.0 Å². The van der Waals surface area contributed by atoms with Crippen molar-refractivity contribution in [3.63, 3.8) is 0 Å². The molecule has 0 spiro atoms. The highest BCUT2D eigenvalue weighted by Crippen LogP contribution is 2.23. The SMILES string of the molecule is CN=C(NCCc1ccc(OC)cc1O)NCC(C)(C)OC. The number of hydrogen-bond acceptors (Lipinski definition) is 4. The fraction of sp³-hybridized carbons (Fsp3) is 0.562. The largest absolute Gasteiger partial charge is 0.508 e. The fourth-order valence-electron chi connectivity index (χ4n) is 1.79. The number of nitrogens with one attached hydrogen (secondary N) is 2. The standard InChI is InChI=1S/C16H27N3O3/c1-16(2,22-5)11-19-15(17-3)18-9-8-12-6-7-13(21-4)10-14(12)20/h6-7,10,20H,8-9,11H2,1-5H3,(H2,17,18,19). The third-order valence-electron chi connectivity index (χ3n) is 3.44. The van der Waals surface area contributed by atoms with Gasteiger partial charge in [0.25, 0.3) is 0 Å². The molecule has 1 aromatic carbocycles. The van der Waals surface area contributed by atoms with Gasteiger partial charge in [-0.2, -0.15) is 0 Å². The summed E-state index contributed by atoms with van der Waals surface area (Å²) < 4.78 is 10.4. The summed E-state index contributed by atoms with van der Waals surface area (Å²) in [5.74, 6) is 1.59. The lowest BCUT2D eigenvalue weighted by Gasteiger charge is -2.24. The molecule has 0 radical (unpaired) electrons. The summed E-state index contributed by atoms with van der Waals surface area (Å²) in [7, 11) is 4.98. The molecule has 0 fully saturated rings. The predicted octanol–water partition coefficient (Wildman–Crippen LogP) is 1.53. The zero-order valence-electron chi connectivity index (χ0n) is 14.1. The molecule has 124 valence electrons. The monoisotopic (exact) mass is 309 g/mol. The molecule has 0 saturated heterocycles. The van der Waals surface area contributed by atoms with Crippen molar-refractivity contribution >= 4 is 5.96 Å². The lowest BCUT2D eigenvalue weighted by Crippen LogP contribution is -2.45. The zero-order valence-corrected chi connectivity index (χ0v) is 14.1. The molecule has 0 atom stereocenters. The number of aromatic hydroxyl groups is 1. The minimum absolute atomic E-state index is 0.240. The molecule has 0 aliphatic heterocycles. The van der Waals surface area contributed by atoms with Crippen LogP contribution in [0.2, 0.25) is 0 Å². The molecule has 3 N–H and O–H groups in total. The molecular weight excluding hydrogens is 282 g/mol. The third-order valence-corrected chi connectivity index (χ3v) is 3.44. The minimum Gasteiger partial charge on any atom is -0.508 e. The van der Waals surface area contributed by atoms with E-state index in [9.17, 15) is 5.11 Å². The van der Waals surface area contributed by atoms with E-state index in [1.165, 1.54) is 0 Å². The molecule has 0 saturated carbocycles. The summed E-state index contributed by atoms with van der Waals surface area (Å²) in [6, 6.07) is 5.31. The van der Waals surface area contributed by atoms with Crippen LogP contribution in [-0.2, 0) is 11.2 Å². The first-order valence-corrected chi connectivity index (χ1v) is 7.27. The second-order valence-electron chi connectivity index (χ2n) is 5.56. The van der Waals surface area contributed by atoms with E-state index < -0.39 is 0 Å². The summed E-state index contributed by atoms with van der Waals surface area (Å²) in [6.07, 6.45) is 0.685. The van der Waals surface area contributed by atoms with Crippen LogP contribution in [0.25, 0.3) is 0 Å². The van der Waals surface area contributed by atoms with Crippen LogP contribution in [-0.4, -0.2) is 51.0 Å². The number of phenolic OH excluding ortho intramolecular Hbond substituents is 1. The molecule has 0 heterocycles. The maximum Gasteiger partial charge on any atom is 0.191 e. The molecule has 1 rings (SSSR count). The topological polar surface area (TPSA) is 75.1 Å². The van der Waals surface area contributed by atoms with Crippen LogP contribution >= 0.6 is 0 Å². The highest BCUT2D eigenvalue weighted by atomic mass is 16.5. The number of ether oxygens (including phenoxy) is 2. The Hall–Kier alpha value is -1.95. The average molecular weight is 309 g/mol. The Morgan fingerprint density at radius 2 is 2.00 bits per heavy atom. The first kappa shape index (κ1) is 18.1. The Kier molecular flexibility index (Phi) is 6.98. The van der Waals surface area contributed by atoms with Crippen LogP contribution in [0.5, 0.6) is 11.5 Å². The Balaban J connectivity index is 2.45. The number of hydrogen-bond donors (Lipinski definition) is 3. The Morgan fingerprint density at radius 3 is 2.55 bits per heavy atom. The highest BCUT2D eigenvalue weighted by Gasteiger charge is 2.16. The highest BCUT2D eigenvalue weighted by molar-refractivity contribution is 5.79. The summed E-state index contributed by atoms with van der Waals surface area (Å²) >= 11 is 0. The third kappa shape index (κ3) is 5.81. The average Bonchev–Trinajstić information content (AvgIpc) is 2.51. The summed E-state index contributed by atoms with van der Waals surface area (Å²) in [5.41, 5.74) is 0.604. The van der Waals surface area contributed by atoms with Crippen LogP contribution in [0, 0.1) is 0 Å². The molecule has 0 bridgehead atoms. The van der Waals surface area contributed by atoms with Crippen LogP contribution in [0.3, 0.4) is 0 Å². The minimum atomic E-state index is -0.258. The van der Waals surface area contributed by atoms with Gasteiger partial charge in [0, 0.05) is 33.3 Å². The molecular formula is C16H27N3O3. The van der Waals surface area contributed by atoms with Crippen molar-refractivity contribution in [2.75, 3.05) is 34.4 Å². The van der Waals surface area contributed by atoms with Crippen molar-refractivity contribution in [2.45, 2.75) is 25.9 Å². The molecule has 0 aliphatic rings. The van der Waals surface area contributed by atoms with Crippen molar-refractivity contribution in [3.8, 4) is 11.5 Å². The van der Waals surface area contributed by atoms with Gasteiger partial charge >= 0.3 is 0 Å². The molecule has 6 nitrogen and oxygen atoms in total. The van der Waals surface area contributed by atoms with Crippen LogP contribution in [0.15, 0.2) is 23.2 Å². The van der Waals surface area contributed by atoms with Crippen LogP contribution < -0.4 is 15.4 Å². The lowest BCUT2D eigenvalue weighted by atomic mass is 10.1.